The van der Waals surface area contributed by atoms with Gasteiger partial charge in [-0.15, -0.1) is 0 Å². The van der Waals surface area contributed by atoms with Crippen LogP contribution in [0.4, 0.5) is 0 Å². The summed E-state index contributed by atoms with van der Waals surface area (Å²) in [6.45, 7) is 3.19. The molecule has 0 spiro atoms. The maximum atomic E-state index is 10.2. The third-order valence-electron chi connectivity index (χ3n) is 0.891. The molecule has 40 valence electrons. The summed E-state index contributed by atoms with van der Waals surface area (Å²) in [5, 5.41) is 6.59. The van der Waals surface area contributed by atoms with Gasteiger partial charge in [0.25, 0.3) is 0 Å². The Bertz CT molecular complexity index is 88.1. The third-order valence-corrected chi connectivity index (χ3v) is 0.891. The van der Waals surface area contributed by atoms with Crippen LogP contribution >= 0.6 is 0 Å². The first-order chi connectivity index (χ1) is 3.18. The lowest BCUT2D eigenvalue weighted by Gasteiger charge is -1.92. The second-order valence-corrected chi connectivity index (χ2v) is 1.57. The van der Waals surface area contributed by atoms with Gasteiger partial charge in [0, 0.05) is 12.1 Å². The quantitative estimate of drug-likeness (QED) is 0.512. The Labute approximate surface area is 43.0 Å². The summed E-state index contributed by atoms with van der Waals surface area (Å²) in [6.07, 6.45) is 1.14. The number of hydrogen-bond acceptors (Lipinski definition) is 2. The molecule has 7 heavy (non-hydrogen) atoms. The minimum atomic E-state index is -0.194. The van der Waals surface area contributed by atoms with Gasteiger partial charge in [-0.25, -0.2) is 0 Å². The Morgan fingerprint density at radius 2 is 2.29 bits per heavy atom. The number of carbonyl (C=O) groups is 1. The summed E-state index contributed by atoms with van der Waals surface area (Å²) in [6, 6.07) is 0. The zero-order valence-corrected chi connectivity index (χ0v) is 4.56. The predicted octanol–water partition coefficient (Wildman–Crippen LogP) is 0.861. The van der Waals surface area contributed by atoms with E-state index in [4.69, 9.17) is 5.41 Å². The largest absolute Gasteiger partial charge is 0.312 e. The van der Waals surface area contributed by atoms with Gasteiger partial charge in [0.1, 0.15) is 5.78 Å². The number of Topliss-reactive ketones (excluding diaryl/α,β-unsaturated/α-hetero) is 1. The second kappa shape index (κ2) is 2.50. The molecule has 1 atom stereocenters. The van der Waals surface area contributed by atoms with Crippen molar-refractivity contribution in [3.8, 4) is 0 Å². The molecule has 1 N–H and O–H groups in total. The minimum Gasteiger partial charge on any atom is -0.312 e. The molecule has 0 saturated heterocycles. The highest BCUT2D eigenvalue weighted by molar-refractivity contribution is 5.91. The van der Waals surface area contributed by atoms with Crippen molar-refractivity contribution in [2.45, 2.75) is 13.8 Å². The summed E-state index contributed by atoms with van der Waals surface area (Å²) in [5.41, 5.74) is 0. The van der Waals surface area contributed by atoms with Crippen LogP contribution in [0.15, 0.2) is 0 Å². The minimum absolute atomic E-state index is 0.0509. The predicted molar refractivity (Wildman–Crippen MR) is 28.6 cm³/mol. The first-order valence-electron chi connectivity index (χ1n) is 2.19. The van der Waals surface area contributed by atoms with Crippen molar-refractivity contribution in [3.05, 3.63) is 0 Å². The molecule has 0 aliphatic heterocycles. The number of nitrogens with one attached hydrogen (secondary N) is 1. The Balaban J connectivity index is 3.55. The van der Waals surface area contributed by atoms with Crippen LogP contribution in [0.25, 0.3) is 0 Å². The highest BCUT2D eigenvalue weighted by atomic mass is 16.1. The van der Waals surface area contributed by atoms with Crippen LogP contribution in [-0.4, -0.2) is 12.0 Å². The second-order valence-electron chi connectivity index (χ2n) is 1.57. The Hall–Kier alpha value is -0.660. The Morgan fingerprint density at radius 3 is 2.29 bits per heavy atom. The van der Waals surface area contributed by atoms with Crippen LogP contribution in [0.5, 0.6) is 0 Å². The molecule has 0 aromatic rings. The van der Waals surface area contributed by atoms with Gasteiger partial charge in [-0.1, -0.05) is 6.92 Å². The molecule has 2 heteroatoms. The van der Waals surface area contributed by atoms with Crippen molar-refractivity contribution < 1.29 is 4.79 Å². The van der Waals surface area contributed by atoms with E-state index in [1.165, 1.54) is 6.92 Å². The van der Waals surface area contributed by atoms with E-state index in [-0.39, 0.29) is 11.7 Å². The van der Waals surface area contributed by atoms with Crippen LogP contribution in [-0.2, 0) is 4.79 Å². The van der Waals surface area contributed by atoms with Gasteiger partial charge >= 0.3 is 0 Å². The van der Waals surface area contributed by atoms with Crippen LogP contribution < -0.4 is 0 Å². The zero-order chi connectivity index (χ0) is 5.86. The molecule has 1 unspecified atom stereocenters. The van der Waals surface area contributed by atoms with E-state index in [9.17, 15) is 4.79 Å². The van der Waals surface area contributed by atoms with Crippen molar-refractivity contribution in [3.63, 3.8) is 0 Å². The number of ketones is 1. The Morgan fingerprint density at radius 1 is 1.86 bits per heavy atom. The molecular formula is C5H9NO. The first-order valence-corrected chi connectivity index (χ1v) is 2.19. The molecule has 0 rings (SSSR count). The molecule has 0 aliphatic carbocycles. The SMILES string of the molecule is CC(=O)C(C)C=N. The van der Waals surface area contributed by atoms with Gasteiger partial charge in [-0.3, -0.25) is 4.79 Å². The lowest BCUT2D eigenvalue weighted by atomic mass is 10.1. The normalized spacial score (nSPS) is 12.9. The summed E-state index contributed by atoms with van der Waals surface area (Å²) >= 11 is 0. The molecule has 0 heterocycles. The van der Waals surface area contributed by atoms with E-state index < -0.39 is 0 Å². The van der Waals surface area contributed by atoms with Crippen molar-refractivity contribution in [1.29, 1.82) is 5.41 Å². The van der Waals surface area contributed by atoms with Gasteiger partial charge in [0.05, 0.1) is 0 Å². The standard InChI is InChI=1S/C5H9NO/c1-4(3-6)5(2)7/h3-4,6H,1-2H3. The summed E-state index contributed by atoms with van der Waals surface area (Å²) in [7, 11) is 0. The summed E-state index contributed by atoms with van der Waals surface area (Å²) in [4.78, 5) is 10.2. The van der Waals surface area contributed by atoms with Crippen molar-refractivity contribution in [2.24, 2.45) is 5.92 Å². The van der Waals surface area contributed by atoms with E-state index in [0.717, 1.165) is 6.21 Å². The average molecular weight is 99.1 g/mol. The summed E-state index contributed by atoms with van der Waals surface area (Å²) in [5.74, 6) is -0.144. The van der Waals surface area contributed by atoms with Gasteiger partial charge in [0.15, 0.2) is 0 Å². The van der Waals surface area contributed by atoms with Crippen molar-refractivity contribution in [1.82, 2.24) is 0 Å². The van der Waals surface area contributed by atoms with E-state index >= 15 is 0 Å². The van der Waals surface area contributed by atoms with Gasteiger partial charge in [-0.2, -0.15) is 0 Å². The van der Waals surface area contributed by atoms with Gasteiger partial charge in [-0.05, 0) is 6.92 Å². The van der Waals surface area contributed by atoms with Gasteiger partial charge in [0.2, 0.25) is 0 Å². The third kappa shape index (κ3) is 2.09. The van der Waals surface area contributed by atoms with E-state index in [0.29, 0.717) is 0 Å². The van der Waals surface area contributed by atoms with Crippen molar-refractivity contribution >= 4 is 12.0 Å². The topological polar surface area (TPSA) is 40.9 Å². The van der Waals surface area contributed by atoms with Gasteiger partial charge < -0.3 is 5.41 Å². The zero-order valence-electron chi connectivity index (χ0n) is 4.56. The molecular weight excluding hydrogens is 90.1 g/mol. The van der Waals surface area contributed by atoms with Crippen LogP contribution in [0.3, 0.4) is 0 Å². The number of carbonyl (C=O) groups excluding carboxylic acids is 1. The molecule has 0 amide bonds. The van der Waals surface area contributed by atoms with Crippen molar-refractivity contribution in [2.75, 3.05) is 0 Å². The fraction of sp³-hybridized carbons (Fsp3) is 0.600. The van der Waals surface area contributed by atoms with Crippen LogP contribution in [0, 0.1) is 11.3 Å². The molecule has 0 aliphatic rings. The molecule has 0 bridgehead atoms. The fourth-order valence-electron chi connectivity index (χ4n) is 0.117. The van der Waals surface area contributed by atoms with Crippen LogP contribution in [0.2, 0.25) is 0 Å². The molecule has 0 radical (unpaired) electrons. The monoisotopic (exact) mass is 99.1 g/mol. The summed E-state index contributed by atoms with van der Waals surface area (Å²) < 4.78 is 0. The lowest BCUT2D eigenvalue weighted by Crippen LogP contribution is -2.05. The van der Waals surface area contributed by atoms with Crippen LogP contribution in [0.1, 0.15) is 13.8 Å². The maximum absolute atomic E-state index is 10.2. The van der Waals surface area contributed by atoms with E-state index in [1.54, 1.807) is 6.92 Å². The molecule has 0 saturated carbocycles. The fourth-order valence-corrected chi connectivity index (χ4v) is 0.117. The Kier molecular flexibility index (Phi) is 2.27. The molecule has 0 aromatic carbocycles. The number of rotatable bonds is 2. The lowest BCUT2D eigenvalue weighted by molar-refractivity contribution is -0.118. The number of hydrogen-bond donors (Lipinski definition) is 1. The molecule has 0 aromatic heterocycles. The molecule has 0 fully saturated rings. The highest BCUT2D eigenvalue weighted by Gasteiger charge is 1.99. The van der Waals surface area contributed by atoms with E-state index in [2.05, 4.69) is 0 Å². The molecule has 2 nitrogen and oxygen atoms in total. The maximum Gasteiger partial charge on any atom is 0.137 e. The van der Waals surface area contributed by atoms with E-state index in [1.807, 2.05) is 0 Å². The average Bonchev–Trinajstić information content (AvgIpc) is 1.65. The first kappa shape index (κ1) is 6.34. The smallest absolute Gasteiger partial charge is 0.137 e. The highest BCUT2D eigenvalue weighted by Crippen LogP contribution is 1.87.